The molecule has 4 aromatic rings. The lowest BCUT2D eigenvalue weighted by Crippen LogP contribution is -2.48. The zero-order chi connectivity index (χ0) is 27.4. The van der Waals surface area contributed by atoms with Crippen molar-refractivity contribution in [1.29, 1.82) is 0 Å². The maximum atomic E-state index is 11.8. The van der Waals surface area contributed by atoms with Crippen molar-refractivity contribution < 1.29 is 14.7 Å². The number of aromatic nitrogens is 2. The number of rotatable bonds is 7. The van der Waals surface area contributed by atoms with Gasteiger partial charge in [-0.15, -0.1) is 0 Å². The zero-order valence-corrected chi connectivity index (χ0v) is 21.7. The highest BCUT2D eigenvalue weighted by molar-refractivity contribution is 6.00. The van der Waals surface area contributed by atoms with Gasteiger partial charge in [-0.2, -0.15) is 0 Å². The summed E-state index contributed by atoms with van der Waals surface area (Å²) in [5.74, 6) is 0.245. The van der Waals surface area contributed by atoms with Gasteiger partial charge in [0.2, 0.25) is 17.8 Å². The van der Waals surface area contributed by atoms with Crippen molar-refractivity contribution in [2.45, 2.75) is 13.5 Å². The first-order chi connectivity index (χ1) is 18.9. The van der Waals surface area contributed by atoms with Gasteiger partial charge in [-0.25, -0.2) is 9.97 Å². The maximum absolute atomic E-state index is 11.8. The van der Waals surface area contributed by atoms with Crippen molar-refractivity contribution in [2.75, 3.05) is 41.7 Å². The van der Waals surface area contributed by atoms with Crippen LogP contribution in [0.25, 0.3) is 22.0 Å². The monoisotopic (exact) mass is 522 g/mol. The summed E-state index contributed by atoms with van der Waals surface area (Å²) in [5, 5.41) is 17.0. The molecule has 0 bridgehead atoms. The number of fused-ring (bicyclic) bond motifs is 1. The molecule has 3 aromatic carbocycles. The lowest BCUT2D eigenvalue weighted by Gasteiger charge is -2.35. The van der Waals surface area contributed by atoms with E-state index < -0.39 is 0 Å². The third-order valence-corrected chi connectivity index (χ3v) is 6.83. The molecule has 2 heterocycles. The van der Waals surface area contributed by atoms with Crippen LogP contribution in [-0.4, -0.2) is 58.0 Å². The Morgan fingerprint density at radius 3 is 2.49 bits per heavy atom. The summed E-state index contributed by atoms with van der Waals surface area (Å²) in [6.45, 7) is 8.00. The van der Waals surface area contributed by atoms with Crippen LogP contribution in [0.4, 0.5) is 23.0 Å². The number of piperazine rings is 1. The number of aliphatic hydroxyl groups excluding tert-OH is 1. The van der Waals surface area contributed by atoms with Crippen LogP contribution in [0, 0.1) is 0 Å². The molecule has 1 saturated heterocycles. The van der Waals surface area contributed by atoms with E-state index in [2.05, 4.69) is 27.1 Å². The number of anilines is 4. The van der Waals surface area contributed by atoms with E-state index in [-0.39, 0.29) is 18.4 Å². The molecule has 0 aliphatic carbocycles. The molecule has 0 radical (unpaired) electrons. The van der Waals surface area contributed by atoms with Crippen LogP contribution in [0.1, 0.15) is 12.5 Å². The summed E-state index contributed by atoms with van der Waals surface area (Å²) in [4.78, 5) is 36.9. The second-order valence-corrected chi connectivity index (χ2v) is 9.33. The number of benzene rings is 3. The number of hydrogen-bond donors (Lipinski definition) is 3. The molecular formula is C30H30N6O3. The van der Waals surface area contributed by atoms with Crippen LogP contribution < -0.4 is 15.5 Å². The predicted molar refractivity (Wildman–Crippen MR) is 154 cm³/mol. The van der Waals surface area contributed by atoms with Crippen LogP contribution in [0.5, 0.6) is 0 Å². The largest absolute Gasteiger partial charge is 0.392 e. The Bertz CT molecular complexity index is 1530. The van der Waals surface area contributed by atoms with E-state index in [9.17, 15) is 14.7 Å². The second kappa shape index (κ2) is 11.3. The fourth-order valence-electron chi connectivity index (χ4n) is 4.76. The number of nitrogens with zero attached hydrogens (tertiary/aromatic N) is 4. The van der Waals surface area contributed by atoms with Gasteiger partial charge in [-0.05, 0) is 53.6 Å². The average Bonchev–Trinajstić information content (AvgIpc) is 2.97. The molecular weight excluding hydrogens is 492 g/mol. The number of nitrogens with one attached hydrogen (secondary N) is 2. The second-order valence-electron chi connectivity index (χ2n) is 9.33. The standard InChI is InChI=1S/C30H30N6O3/c1-3-27(39)32-25-6-4-5-21(17-25)28-23(19-37)8-7-22-18-31-30(34-29(22)28)33-24-9-11-26(12-10-24)36-15-13-35(14-16-36)20(2)38/h3-12,17-18,37H,1,13-16,19H2,2H3,(H,32,39)(H,31,33,34). The van der Waals surface area contributed by atoms with Crippen molar-refractivity contribution >= 4 is 45.7 Å². The van der Waals surface area contributed by atoms with Crippen molar-refractivity contribution in [1.82, 2.24) is 14.9 Å². The first kappa shape index (κ1) is 25.9. The van der Waals surface area contributed by atoms with Crippen LogP contribution >= 0.6 is 0 Å². The number of carbonyl (C=O) groups is 2. The van der Waals surface area contributed by atoms with Gasteiger partial charge in [0.15, 0.2) is 0 Å². The molecule has 39 heavy (non-hydrogen) atoms. The van der Waals surface area contributed by atoms with Gasteiger partial charge in [-0.3, -0.25) is 9.59 Å². The lowest BCUT2D eigenvalue weighted by molar-refractivity contribution is -0.129. The molecule has 0 atom stereocenters. The van der Waals surface area contributed by atoms with E-state index in [4.69, 9.17) is 4.98 Å². The molecule has 0 saturated carbocycles. The minimum atomic E-state index is -0.300. The Hall–Kier alpha value is -4.76. The summed E-state index contributed by atoms with van der Waals surface area (Å²) in [7, 11) is 0. The summed E-state index contributed by atoms with van der Waals surface area (Å²) in [6.07, 6.45) is 2.97. The first-order valence-corrected chi connectivity index (χ1v) is 12.8. The molecule has 3 N–H and O–H groups in total. The Labute approximate surface area is 226 Å². The van der Waals surface area contributed by atoms with E-state index in [1.165, 1.54) is 6.08 Å². The zero-order valence-electron chi connectivity index (χ0n) is 21.7. The number of aliphatic hydroxyl groups is 1. The van der Waals surface area contributed by atoms with Crippen molar-refractivity contribution in [3.05, 3.63) is 85.1 Å². The Morgan fingerprint density at radius 2 is 1.79 bits per heavy atom. The Balaban J connectivity index is 1.41. The minimum Gasteiger partial charge on any atom is -0.392 e. The molecule has 5 rings (SSSR count). The van der Waals surface area contributed by atoms with Crippen LogP contribution in [0.3, 0.4) is 0 Å². The summed E-state index contributed by atoms with van der Waals surface area (Å²) >= 11 is 0. The van der Waals surface area contributed by atoms with Gasteiger partial charge in [0.25, 0.3) is 0 Å². The summed E-state index contributed by atoms with van der Waals surface area (Å²) < 4.78 is 0. The first-order valence-electron chi connectivity index (χ1n) is 12.8. The fraction of sp³-hybridized carbons (Fsp3) is 0.200. The lowest BCUT2D eigenvalue weighted by atomic mass is 9.96. The molecule has 9 heteroatoms. The summed E-state index contributed by atoms with van der Waals surface area (Å²) in [6, 6.07) is 19.2. The molecule has 1 aliphatic rings. The highest BCUT2D eigenvalue weighted by atomic mass is 16.3. The molecule has 9 nitrogen and oxygen atoms in total. The number of amides is 2. The maximum Gasteiger partial charge on any atom is 0.247 e. The minimum absolute atomic E-state index is 0.117. The van der Waals surface area contributed by atoms with Crippen molar-refractivity contribution in [3.8, 4) is 11.1 Å². The number of carbonyl (C=O) groups excluding carboxylic acids is 2. The van der Waals surface area contributed by atoms with E-state index in [1.807, 2.05) is 59.5 Å². The van der Waals surface area contributed by atoms with Crippen molar-refractivity contribution in [3.63, 3.8) is 0 Å². The van der Waals surface area contributed by atoms with E-state index in [0.29, 0.717) is 22.7 Å². The predicted octanol–water partition coefficient (Wildman–Crippen LogP) is 4.33. The van der Waals surface area contributed by atoms with E-state index >= 15 is 0 Å². The molecule has 1 fully saturated rings. The molecule has 0 spiro atoms. The Morgan fingerprint density at radius 1 is 1.03 bits per heavy atom. The quantitative estimate of drug-likeness (QED) is 0.310. The number of hydrogen-bond acceptors (Lipinski definition) is 7. The highest BCUT2D eigenvalue weighted by Gasteiger charge is 2.19. The van der Waals surface area contributed by atoms with Gasteiger partial charge in [-0.1, -0.05) is 30.8 Å². The average molecular weight is 523 g/mol. The van der Waals surface area contributed by atoms with Gasteiger partial charge >= 0.3 is 0 Å². The molecule has 1 aliphatic heterocycles. The van der Waals surface area contributed by atoms with Gasteiger partial charge < -0.3 is 25.5 Å². The Kier molecular flexibility index (Phi) is 7.51. The van der Waals surface area contributed by atoms with Gasteiger partial charge in [0, 0.05) is 67.3 Å². The molecule has 2 amide bonds. The van der Waals surface area contributed by atoms with E-state index in [1.54, 1.807) is 19.2 Å². The normalized spacial score (nSPS) is 13.3. The van der Waals surface area contributed by atoms with Crippen LogP contribution in [0.15, 0.2) is 79.5 Å². The van der Waals surface area contributed by atoms with Gasteiger partial charge in [0.05, 0.1) is 12.1 Å². The van der Waals surface area contributed by atoms with Crippen LogP contribution in [-0.2, 0) is 16.2 Å². The van der Waals surface area contributed by atoms with Gasteiger partial charge in [0.1, 0.15) is 0 Å². The topological polar surface area (TPSA) is 111 Å². The fourth-order valence-corrected chi connectivity index (χ4v) is 4.76. The molecule has 198 valence electrons. The molecule has 0 unspecified atom stereocenters. The third kappa shape index (κ3) is 5.73. The van der Waals surface area contributed by atoms with E-state index in [0.717, 1.165) is 54.1 Å². The highest BCUT2D eigenvalue weighted by Crippen LogP contribution is 2.33. The SMILES string of the molecule is C=CC(=O)Nc1cccc(-c2c(CO)ccc3cnc(Nc4ccc(N5CCN(C(C)=O)CC5)cc4)nc23)c1. The molecule has 1 aromatic heterocycles. The summed E-state index contributed by atoms with van der Waals surface area (Å²) in [5.41, 5.74) is 5.55. The smallest absolute Gasteiger partial charge is 0.247 e. The van der Waals surface area contributed by atoms with Crippen molar-refractivity contribution in [2.24, 2.45) is 0 Å². The van der Waals surface area contributed by atoms with Crippen LogP contribution in [0.2, 0.25) is 0 Å². The third-order valence-electron chi connectivity index (χ3n) is 6.83.